The SMILES string of the molecule is [2H]c1c([2H])c(C([2H])([2H])OC(Cn2ccnc2)c2ccc(Cl)cc2Cl)c(Cl)c([2H])c1Cl. The summed E-state index contributed by atoms with van der Waals surface area (Å²) < 4.78 is 48.3. The summed E-state index contributed by atoms with van der Waals surface area (Å²) in [5.41, 5.74) is -0.00302. The summed E-state index contributed by atoms with van der Waals surface area (Å²) in [7, 11) is 0. The molecule has 0 saturated heterocycles. The highest BCUT2D eigenvalue weighted by Crippen LogP contribution is 2.31. The molecule has 0 N–H and O–H groups in total. The number of ether oxygens (including phenoxy) is 1. The van der Waals surface area contributed by atoms with Crippen LogP contribution in [0.25, 0.3) is 0 Å². The van der Waals surface area contributed by atoms with E-state index in [1.807, 2.05) is 0 Å². The van der Waals surface area contributed by atoms with Crippen LogP contribution in [0.15, 0.2) is 55.0 Å². The monoisotopic (exact) mass is 419 g/mol. The summed E-state index contributed by atoms with van der Waals surface area (Å²) in [6, 6.07) is 3.20. The second-order valence-electron chi connectivity index (χ2n) is 5.01. The van der Waals surface area contributed by atoms with Crippen molar-refractivity contribution in [2.45, 2.75) is 19.2 Å². The fourth-order valence-corrected chi connectivity index (χ4v) is 3.01. The first-order valence-electron chi connectivity index (χ1n) is 9.56. The van der Waals surface area contributed by atoms with Crippen molar-refractivity contribution in [3.63, 3.8) is 0 Å². The van der Waals surface area contributed by atoms with Crippen molar-refractivity contribution in [3.8, 4) is 0 Å². The number of rotatable bonds is 6. The van der Waals surface area contributed by atoms with E-state index in [1.54, 1.807) is 29.1 Å². The predicted molar refractivity (Wildman–Crippen MR) is 103 cm³/mol. The molecule has 3 rings (SSSR count). The summed E-state index contributed by atoms with van der Waals surface area (Å²) in [5.74, 6) is 0. The minimum Gasteiger partial charge on any atom is -0.367 e. The first-order chi connectivity index (χ1) is 14.0. The van der Waals surface area contributed by atoms with Crippen LogP contribution < -0.4 is 0 Å². The maximum atomic E-state index is 8.47. The zero-order chi connectivity index (χ0) is 22.2. The first-order valence-corrected chi connectivity index (χ1v) is 8.57. The van der Waals surface area contributed by atoms with Crippen LogP contribution in [0.4, 0.5) is 0 Å². The smallest absolute Gasteiger partial charge is 0.102 e. The molecule has 0 aliphatic rings. The average molecular weight is 421 g/mol. The van der Waals surface area contributed by atoms with Gasteiger partial charge in [-0.25, -0.2) is 4.98 Å². The first kappa shape index (κ1) is 13.0. The van der Waals surface area contributed by atoms with Crippen LogP contribution >= 0.6 is 46.4 Å². The molecule has 1 heterocycles. The standard InChI is InChI=1S/C18H14Cl4N2O/c19-13-2-1-12(16(21)7-13)10-25-18(9-24-6-5-23-11-24)15-4-3-14(20)8-17(15)22/h1-8,11,18H,9-10H2/i1D,2D,7D,10D2. The van der Waals surface area contributed by atoms with Crippen molar-refractivity contribution in [1.82, 2.24) is 9.55 Å². The van der Waals surface area contributed by atoms with Crippen molar-refractivity contribution < 1.29 is 11.6 Å². The number of halogens is 4. The minimum absolute atomic E-state index is 0.140. The van der Waals surface area contributed by atoms with Gasteiger partial charge in [-0.15, -0.1) is 0 Å². The van der Waals surface area contributed by atoms with Gasteiger partial charge in [-0.2, -0.15) is 0 Å². The lowest BCUT2D eigenvalue weighted by atomic mass is 10.1. The van der Waals surface area contributed by atoms with Crippen LogP contribution in [0.1, 0.15) is 24.1 Å². The van der Waals surface area contributed by atoms with E-state index >= 15 is 0 Å². The highest BCUT2D eigenvalue weighted by molar-refractivity contribution is 6.35. The number of benzene rings is 2. The molecule has 0 aliphatic heterocycles. The van der Waals surface area contributed by atoms with E-state index in [0.29, 0.717) is 10.6 Å². The molecule has 3 nitrogen and oxygen atoms in total. The highest BCUT2D eigenvalue weighted by Gasteiger charge is 2.17. The molecule has 1 atom stereocenters. The molecule has 7 heteroatoms. The lowest BCUT2D eigenvalue weighted by Crippen LogP contribution is -2.12. The molecule has 0 bridgehead atoms. The molecule has 130 valence electrons. The molecule has 3 aromatic rings. The van der Waals surface area contributed by atoms with Gasteiger partial charge in [0.15, 0.2) is 0 Å². The van der Waals surface area contributed by atoms with Gasteiger partial charge in [0.2, 0.25) is 0 Å². The molecule has 1 aromatic heterocycles. The van der Waals surface area contributed by atoms with Crippen LogP contribution in [0, 0.1) is 0 Å². The lowest BCUT2D eigenvalue weighted by Gasteiger charge is -2.21. The van der Waals surface area contributed by atoms with Crippen LogP contribution in [0.5, 0.6) is 0 Å². The topological polar surface area (TPSA) is 27.1 Å². The Morgan fingerprint density at radius 3 is 2.72 bits per heavy atom. The van der Waals surface area contributed by atoms with E-state index in [1.165, 1.54) is 12.4 Å². The molecule has 0 radical (unpaired) electrons. The van der Waals surface area contributed by atoms with Crippen molar-refractivity contribution in [1.29, 1.82) is 0 Å². The van der Waals surface area contributed by atoms with Gasteiger partial charge in [0.1, 0.15) is 6.10 Å². The third-order valence-electron chi connectivity index (χ3n) is 3.28. The van der Waals surface area contributed by atoms with Crippen molar-refractivity contribution in [3.05, 3.63) is 86.3 Å². The quantitative estimate of drug-likeness (QED) is 0.457. The molecular weight excluding hydrogens is 402 g/mol. The Balaban J connectivity index is 2.08. The van der Waals surface area contributed by atoms with Crippen LogP contribution in [-0.4, -0.2) is 9.55 Å². The molecule has 0 fully saturated rings. The second-order valence-corrected chi connectivity index (χ2v) is 6.61. The van der Waals surface area contributed by atoms with Gasteiger partial charge in [-0.3, -0.25) is 0 Å². The fourth-order valence-electron chi connectivity index (χ4n) is 2.11. The normalized spacial score (nSPS) is 15.8. The third-order valence-corrected chi connectivity index (χ3v) is 4.32. The van der Waals surface area contributed by atoms with Crippen LogP contribution in [0.2, 0.25) is 20.1 Å². The van der Waals surface area contributed by atoms with Crippen molar-refractivity contribution in [2.24, 2.45) is 0 Å². The summed E-state index contributed by atoms with van der Waals surface area (Å²) in [4.78, 5) is 3.97. The molecule has 2 aromatic carbocycles. The van der Waals surface area contributed by atoms with E-state index in [2.05, 4.69) is 4.98 Å². The van der Waals surface area contributed by atoms with Gasteiger partial charge in [-0.05, 0) is 29.8 Å². The Kier molecular flexibility index (Phi) is 4.39. The summed E-state index contributed by atoms with van der Waals surface area (Å²) in [6.07, 6.45) is 3.83. The maximum absolute atomic E-state index is 8.47. The van der Waals surface area contributed by atoms with E-state index < -0.39 is 41.4 Å². The number of hydrogen-bond donors (Lipinski definition) is 0. The van der Waals surface area contributed by atoms with Crippen molar-refractivity contribution in [2.75, 3.05) is 0 Å². The van der Waals surface area contributed by atoms with Gasteiger partial charge in [0.05, 0.1) is 26.3 Å². The Bertz CT molecular complexity index is 1050. The van der Waals surface area contributed by atoms with E-state index in [-0.39, 0.29) is 16.6 Å². The number of hydrogen-bond acceptors (Lipinski definition) is 2. The maximum Gasteiger partial charge on any atom is 0.102 e. The Morgan fingerprint density at radius 2 is 2.00 bits per heavy atom. The Labute approximate surface area is 173 Å². The molecule has 0 aliphatic carbocycles. The van der Waals surface area contributed by atoms with Crippen LogP contribution in [0.3, 0.4) is 0 Å². The predicted octanol–water partition coefficient (Wildman–Crippen LogP) is 6.45. The van der Waals surface area contributed by atoms with Gasteiger partial charge in [0, 0.05) is 38.0 Å². The van der Waals surface area contributed by atoms with E-state index in [9.17, 15) is 0 Å². The van der Waals surface area contributed by atoms with Gasteiger partial charge in [0.25, 0.3) is 0 Å². The largest absolute Gasteiger partial charge is 0.367 e. The third kappa shape index (κ3) is 4.90. The fraction of sp³-hybridized carbons (Fsp3) is 0.167. The lowest BCUT2D eigenvalue weighted by molar-refractivity contribution is 0.0281. The highest BCUT2D eigenvalue weighted by atomic mass is 35.5. The van der Waals surface area contributed by atoms with Crippen LogP contribution in [-0.2, 0) is 17.8 Å². The summed E-state index contributed by atoms with van der Waals surface area (Å²) >= 11 is 24.3. The zero-order valence-corrected chi connectivity index (χ0v) is 15.6. The molecule has 0 spiro atoms. The van der Waals surface area contributed by atoms with Gasteiger partial charge >= 0.3 is 0 Å². The zero-order valence-electron chi connectivity index (χ0n) is 17.6. The van der Waals surface area contributed by atoms with Crippen molar-refractivity contribution >= 4 is 46.4 Å². The van der Waals surface area contributed by atoms with E-state index in [0.717, 1.165) is 0 Å². The molecule has 0 saturated carbocycles. The number of nitrogens with zero attached hydrogens (tertiary/aromatic N) is 2. The second kappa shape index (κ2) is 8.43. The molecular formula is C18H14Cl4N2O. The molecule has 25 heavy (non-hydrogen) atoms. The van der Waals surface area contributed by atoms with Gasteiger partial charge < -0.3 is 9.30 Å². The summed E-state index contributed by atoms with van der Waals surface area (Å²) in [5, 5.41) is -0.0612. The average Bonchev–Trinajstić information content (AvgIpc) is 3.17. The van der Waals surface area contributed by atoms with E-state index in [4.69, 9.17) is 58.0 Å². The summed E-state index contributed by atoms with van der Waals surface area (Å²) in [6.45, 7) is -2.50. The minimum atomic E-state index is -2.64. The Hall–Kier alpha value is -1.23. The Morgan fingerprint density at radius 1 is 1.16 bits per heavy atom. The number of aromatic nitrogens is 2. The molecule has 1 unspecified atom stereocenters. The molecule has 0 amide bonds. The number of imidazole rings is 1. The van der Waals surface area contributed by atoms with Gasteiger partial charge in [-0.1, -0.05) is 58.5 Å².